The molecule has 0 saturated carbocycles. The van der Waals surface area contributed by atoms with Crippen molar-refractivity contribution in [3.63, 3.8) is 0 Å². The molecule has 0 atom stereocenters. The number of fused-ring (bicyclic) bond motifs is 1. The van der Waals surface area contributed by atoms with Crippen LogP contribution in [0.25, 0.3) is 0 Å². The molecule has 2 rings (SSSR count). The molecule has 0 aliphatic carbocycles. The van der Waals surface area contributed by atoms with Gasteiger partial charge in [0.05, 0.1) is 5.69 Å². The van der Waals surface area contributed by atoms with Crippen LogP contribution in [0.15, 0.2) is 23.1 Å². The number of anilines is 1. The van der Waals surface area contributed by atoms with E-state index in [0.717, 1.165) is 0 Å². The van der Waals surface area contributed by atoms with E-state index in [1.54, 1.807) is 0 Å². The number of hydrogen-bond donors (Lipinski definition) is 0. The molecule has 1 aromatic rings. The van der Waals surface area contributed by atoms with Gasteiger partial charge in [0.2, 0.25) is 0 Å². The summed E-state index contributed by atoms with van der Waals surface area (Å²) in [4.78, 5) is 3.79. The Bertz CT molecular complexity index is 333. The predicted molar refractivity (Wildman–Crippen MR) is 64.5 cm³/mol. The van der Waals surface area contributed by atoms with Crippen LogP contribution in [-0.4, -0.2) is 19.3 Å². The fourth-order valence-electron chi connectivity index (χ4n) is 1.73. The Morgan fingerprint density at radius 2 is 2.14 bits per heavy atom. The summed E-state index contributed by atoms with van der Waals surface area (Å²) in [5.74, 6) is 1.85. The van der Waals surface area contributed by atoms with Crippen LogP contribution in [-0.2, 0) is 0 Å². The van der Waals surface area contributed by atoms with E-state index in [1.807, 2.05) is 11.8 Å². The molecule has 0 spiro atoms. The first-order valence-corrected chi connectivity index (χ1v) is 6.15. The highest BCUT2D eigenvalue weighted by Crippen LogP contribution is 2.35. The first-order valence-electron chi connectivity index (χ1n) is 5.16. The van der Waals surface area contributed by atoms with Crippen molar-refractivity contribution in [1.29, 1.82) is 0 Å². The van der Waals surface area contributed by atoms with Gasteiger partial charge in [-0.15, -0.1) is 11.8 Å². The van der Waals surface area contributed by atoms with Crippen molar-refractivity contribution in [2.24, 2.45) is 0 Å². The third-order valence-corrected chi connectivity index (χ3v) is 3.77. The van der Waals surface area contributed by atoms with Gasteiger partial charge in [-0.25, -0.2) is 0 Å². The zero-order valence-electron chi connectivity index (χ0n) is 9.08. The zero-order valence-corrected chi connectivity index (χ0v) is 9.90. The summed E-state index contributed by atoms with van der Waals surface area (Å²) in [7, 11) is 2.17. The summed E-state index contributed by atoms with van der Waals surface area (Å²) in [6, 6.07) is 6.86. The lowest BCUT2D eigenvalue weighted by atomic mass is 10.0. The van der Waals surface area contributed by atoms with Gasteiger partial charge in [0.1, 0.15) is 0 Å². The Morgan fingerprint density at radius 1 is 1.36 bits per heavy atom. The van der Waals surface area contributed by atoms with Gasteiger partial charge >= 0.3 is 0 Å². The van der Waals surface area contributed by atoms with Crippen molar-refractivity contribution < 1.29 is 0 Å². The number of benzene rings is 1. The molecule has 1 aliphatic rings. The lowest BCUT2D eigenvalue weighted by molar-refractivity contribution is 0.856. The third kappa shape index (κ3) is 1.76. The maximum absolute atomic E-state index is 2.35. The first-order chi connectivity index (χ1) is 6.68. The Labute approximate surface area is 90.5 Å². The molecular weight excluding hydrogens is 190 g/mol. The molecule has 1 nitrogen and oxygen atoms in total. The summed E-state index contributed by atoms with van der Waals surface area (Å²) < 4.78 is 0. The number of thioether (sulfide) groups is 1. The maximum Gasteiger partial charge on any atom is 0.0502 e. The van der Waals surface area contributed by atoms with Crippen molar-refractivity contribution in [3.8, 4) is 0 Å². The van der Waals surface area contributed by atoms with Crippen LogP contribution >= 0.6 is 11.8 Å². The lowest BCUT2D eigenvalue weighted by Gasteiger charge is -2.27. The number of nitrogens with zero attached hydrogens (tertiary/aromatic N) is 1. The molecule has 0 aromatic heterocycles. The van der Waals surface area contributed by atoms with Crippen LogP contribution in [0.4, 0.5) is 5.69 Å². The van der Waals surface area contributed by atoms with E-state index in [0.29, 0.717) is 5.92 Å². The SMILES string of the molecule is CC(C)c1ccc2c(c1)SCCN2C. The van der Waals surface area contributed by atoms with Crippen LogP contribution < -0.4 is 4.90 Å². The van der Waals surface area contributed by atoms with E-state index >= 15 is 0 Å². The molecule has 0 saturated heterocycles. The van der Waals surface area contributed by atoms with Gasteiger partial charge in [-0.2, -0.15) is 0 Å². The molecule has 1 heterocycles. The molecular formula is C12H17NS. The molecule has 0 amide bonds. The van der Waals surface area contributed by atoms with Crippen molar-refractivity contribution in [1.82, 2.24) is 0 Å². The minimum absolute atomic E-state index is 0.633. The molecule has 0 radical (unpaired) electrons. The normalized spacial score (nSPS) is 15.9. The van der Waals surface area contributed by atoms with Gasteiger partial charge in [-0.05, 0) is 23.6 Å². The van der Waals surface area contributed by atoms with Crippen molar-refractivity contribution in [2.75, 3.05) is 24.2 Å². The quantitative estimate of drug-likeness (QED) is 0.694. The maximum atomic E-state index is 2.35. The van der Waals surface area contributed by atoms with Crippen LogP contribution in [0, 0.1) is 0 Å². The van der Waals surface area contributed by atoms with E-state index in [2.05, 4.69) is 44.0 Å². The van der Waals surface area contributed by atoms with Crippen LogP contribution in [0.1, 0.15) is 25.3 Å². The number of hydrogen-bond acceptors (Lipinski definition) is 2. The van der Waals surface area contributed by atoms with Crippen molar-refractivity contribution >= 4 is 17.4 Å². The van der Waals surface area contributed by atoms with Gasteiger partial charge in [0.15, 0.2) is 0 Å². The molecule has 1 aromatic carbocycles. The first kappa shape index (κ1) is 9.91. The summed E-state index contributed by atoms with van der Waals surface area (Å²) >= 11 is 1.98. The lowest BCUT2D eigenvalue weighted by Crippen LogP contribution is -2.24. The Hall–Kier alpha value is -0.630. The monoisotopic (exact) mass is 207 g/mol. The minimum atomic E-state index is 0.633. The average Bonchev–Trinajstić information content (AvgIpc) is 2.17. The highest BCUT2D eigenvalue weighted by molar-refractivity contribution is 7.99. The van der Waals surface area contributed by atoms with Gasteiger partial charge in [0, 0.05) is 24.2 Å². The molecule has 2 heteroatoms. The summed E-state index contributed by atoms with van der Waals surface area (Å²) in [6.07, 6.45) is 0. The number of rotatable bonds is 1. The summed E-state index contributed by atoms with van der Waals surface area (Å²) in [5, 5.41) is 0. The molecule has 0 fully saturated rings. The molecule has 0 unspecified atom stereocenters. The van der Waals surface area contributed by atoms with Gasteiger partial charge in [0.25, 0.3) is 0 Å². The minimum Gasteiger partial charge on any atom is -0.373 e. The second-order valence-corrected chi connectivity index (χ2v) is 5.29. The summed E-state index contributed by atoms with van der Waals surface area (Å²) in [5.41, 5.74) is 2.84. The molecule has 1 aliphatic heterocycles. The van der Waals surface area contributed by atoms with E-state index < -0.39 is 0 Å². The van der Waals surface area contributed by atoms with E-state index in [1.165, 1.54) is 28.4 Å². The second-order valence-electron chi connectivity index (χ2n) is 4.15. The Kier molecular flexibility index (Phi) is 2.73. The van der Waals surface area contributed by atoms with Gasteiger partial charge < -0.3 is 4.90 Å². The highest BCUT2D eigenvalue weighted by atomic mass is 32.2. The largest absolute Gasteiger partial charge is 0.373 e. The topological polar surface area (TPSA) is 3.24 Å². The Morgan fingerprint density at radius 3 is 2.86 bits per heavy atom. The van der Waals surface area contributed by atoms with E-state index in [4.69, 9.17) is 0 Å². The zero-order chi connectivity index (χ0) is 10.1. The van der Waals surface area contributed by atoms with Crippen molar-refractivity contribution in [2.45, 2.75) is 24.7 Å². The fraction of sp³-hybridized carbons (Fsp3) is 0.500. The third-order valence-electron chi connectivity index (χ3n) is 2.75. The molecule has 76 valence electrons. The summed E-state index contributed by atoms with van der Waals surface area (Å²) in [6.45, 7) is 5.66. The van der Waals surface area contributed by atoms with E-state index in [9.17, 15) is 0 Å². The van der Waals surface area contributed by atoms with Gasteiger partial charge in [-0.3, -0.25) is 0 Å². The smallest absolute Gasteiger partial charge is 0.0502 e. The molecule has 14 heavy (non-hydrogen) atoms. The standard InChI is InChI=1S/C12H17NS/c1-9(2)10-4-5-11-12(8-10)14-7-6-13(11)3/h4-5,8-9H,6-7H2,1-3H3. The van der Waals surface area contributed by atoms with Crippen molar-refractivity contribution in [3.05, 3.63) is 23.8 Å². The van der Waals surface area contributed by atoms with Gasteiger partial charge in [-0.1, -0.05) is 19.9 Å². The van der Waals surface area contributed by atoms with E-state index in [-0.39, 0.29) is 0 Å². The average molecular weight is 207 g/mol. The molecule has 0 bridgehead atoms. The predicted octanol–water partition coefficient (Wildman–Crippen LogP) is 3.35. The van der Waals surface area contributed by atoms with Crippen LogP contribution in [0.5, 0.6) is 0 Å². The second kappa shape index (κ2) is 3.85. The Balaban J connectivity index is 2.39. The van der Waals surface area contributed by atoms with Crippen LogP contribution in [0.3, 0.4) is 0 Å². The fourth-order valence-corrected chi connectivity index (χ4v) is 2.91. The molecule has 0 N–H and O–H groups in total. The van der Waals surface area contributed by atoms with Crippen LogP contribution in [0.2, 0.25) is 0 Å². The highest BCUT2D eigenvalue weighted by Gasteiger charge is 2.14.